The van der Waals surface area contributed by atoms with Crippen molar-refractivity contribution in [1.29, 1.82) is 0 Å². The molecule has 3 rings (SSSR count). The molecule has 0 amide bonds. The summed E-state index contributed by atoms with van der Waals surface area (Å²) < 4.78 is 26.4. The van der Waals surface area contributed by atoms with E-state index < -0.39 is 5.97 Å². The van der Waals surface area contributed by atoms with Crippen molar-refractivity contribution < 1.29 is 28.5 Å². The third kappa shape index (κ3) is 3.72. The molecule has 1 aliphatic heterocycles. The minimum Gasteiger partial charge on any atom is -0.497 e. The van der Waals surface area contributed by atoms with Crippen LogP contribution in [0.25, 0.3) is 6.08 Å². The van der Waals surface area contributed by atoms with E-state index in [0.29, 0.717) is 34.1 Å². The molecule has 0 bridgehead atoms. The van der Waals surface area contributed by atoms with Crippen molar-refractivity contribution >= 4 is 17.9 Å². The number of rotatable bonds is 6. The molecular weight excluding hydrogens is 350 g/mol. The Kier molecular flexibility index (Phi) is 5.30. The molecule has 0 saturated heterocycles. The quantitative estimate of drug-likeness (QED) is 0.575. The number of cyclic esters (lactones) is 1. The minimum atomic E-state index is -0.544. The molecule has 1 aliphatic rings. The first kappa shape index (κ1) is 18.3. The highest BCUT2D eigenvalue weighted by Crippen LogP contribution is 2.36. The molecule has 0 unspecified atom stereocenters. The van der Waals surface area contributed by atoms with E-state index in [1.165, 1.54) is 21.3 Å². The van der Waals surface area contributed by atoms with Gasteiger partial charge in [0.05, 0.1) is 28.4 Å². The van der Waals surface area contributed by atoms with E-state index in [4.69, 9.17) is 23.7 Å². The number of nitrogens with zero attached hydrogens (tertiary/aromatic N) is 1. The van der Waals surface area contributed by atoms with E-state index in [1.807, 2.05) is 0 Å². The highest BCUT2D eigenvalue weighted by molar-refractivity contribution is 6.13. The molecule has 27 heavy (non-hydrogen) atoms. The van der Waals surface area contributed by atoms with Crippen LogP contribution in [0.1, 0.15) is 11.1 Å². The molecule has 7 nitrogen and oxygen atoms in total. The van der Waals surface area contributed by atoms with Gasteiger partial charge in [0.25, 0.3) is 0 Å². The zero-order chi connectivity index (χ0) is 19.4. The molecule has 0 N–H and O–H groups in total. The Bertz CT molecular complexity index is 915. The monoisotopic (exact) mass is 369 g/mol. The van der Waals surface area contributed by atoms with Gasteiger partial charge in [-0.1, -0.05) is 0 Å². The van der Waals surface area contributed by atoms with Crippen LogP contribution >= 0.6 is 0 Å². The maximum atomic E-state index is 12.2. The second kappa shape index (κ2) is 7.82. The maximum Gasteiger partial charge on any atom is 0.363 e. The molecule has 1 heterocycles. The number of aliphatic imine (C=N–C) groups is 1. The molecule has 0 spiro atoms. The molecule has 0 radical (unpaired) electrons. The van der Waals surface area contributed by atoms with Crippen molar-refractivity contribution in [2.45, 2.75) is 0 Å². The van der Waals surface area contributed by atoms with E-state index >= 15 is 0 Å². The lowest BCUT2D eigenvalue weighted by Crippen LogP contribution is -2.05. The summed E-state index contributed by atoms with van der Waals surface area (Å²) in [5.41, 5.74) is 1.44. The predicted octanol–water partition coefficient (Wildman–Crippen LogP) is 3.07. The second-order valence-corrected chi connectivity index (χ2v) is 5.51. The smallest absolute Gasteiger partial charge is 0.363 e. The first-order valence-electron chi connectivity index (χ1n) is 8.06. The number of carbonyl (C=O) groups is 1. The third-order valence-electron chi connectivity index (χ3n) is 3.99. The summed E-state index contributed by atoms with van der Waals surface area (Å²) in [6.07, 6.45) is 1.58. The molecule has 0 saturated carbocycles. The number of esters is 1. The summed E-state index contributed by atoms with van der Waals surface area (Å²) >= 11 is 0. The zero-order valence-corrected chi connectivity index (χ0v) is 15.4. The number of benzene rings is 2. The van der Waals surface area contributed by atoms with Gasteiger partial charge >= 0.3 is 5.97 Å². The Labute approximate surface area is 156 Å². The van der Waals surface area contributed by atoms with E-state index in [9.17, 15) is 4.79 Å². The second-order valence-electron chi connectivity index (χ2n) is 5.51. The summed E-state index contributed by atoms with van der Waals surface area (Å²) in [6.45, 7) is 0. The topological polar surface area (TPSA) is 75.6 Å². The molecule has 140 valence electrons. The maximum absolute atomic E-state index is 12.2. The van der Waals surface area contributed by atoms with Crippen LogP contribution in [0, 0.1) is 0 Å². The van der Waals surface area contributed by atoms with Gasteiger partial charge in [-0.3, -0.25) is 0 Å². The molecule has 0 fully saturated rings. The lowest BCUT2D eigenvalue weighted by Gasteiger charge is -2.12. The fourth-order valence-electron chi connectivity index (χ4n) is 2.58. The lowest BCUT2D eigenvalue weighted by molar-refractivity contribution is -0.129. The van der Waals surface area contributed by atoms with Crippen LogP contribution in [0.2, 0.25) is 0 Å². The normalized spacial score (nSPS) is 14.6. The van der Waals surface area contributed by atoms with Gasteiger partial charge in [-0.25, -0.2) is 9.79 Å². The molecule has 0 atom stereocenters. The zero-order valence-electron chi connectivity index (χ0n) is 15.4. The van der Waals surface area contributed by atoms with Gasteiger partial charge in [-0.2, -0.15) is 0 Å². The third-order valence-corrected chi connectivity index (χ3v) is 3.99. The molecule has 0 aliphatic carbocycles. The fourth-order valence-corrected chi connectivity index (χ4v) is 2.58. The highest BCUT2D eigenvalue weighted by atomic mass is 16.6. The van der Waals surface area contributed by atoms with E-state index in [-0.39, 0.29) is 11.6 Å². The van der Waals surface area contributed by atoms with Gasteiger partial charge in [-0.05, 0) is 36.4 Å². The molecule has 0 aromatic heterocycles. The Morgan fingerprint density at radius 1 is 0.852 bits per heavy atom. The van der Waals surface area contributed by atoms with E-state index in [0.717, 1.165) is 0 Å². The molecule has 7 heteroatoms. The van der Waals surface area contributed by atoms with Gasteiger partial charge in [0.15, 0.2) is 17.2 Å². The number of methoxy groups -OCH3 is 4. The molecular formula is C20H19NO6. The van der Waals surface area contributed by atoms with Crippen molar-refractivity contribution in [3.8, 4) is 23.0 Å². The standard InChI is InChI=1S/C20H19NO6/c1-23-14-7-5-12(6-8-14)19-21-15(20(22)27-19)9-13-10-17(25-3)18(26-4)11-16(13)24-2/h5-11H,1-4H3/b15-9+. The first-order valence-corrected chi connectivity index (χ1v) is 8.06. The van der Waals surface area contributed by atoms with Crippen molar-refractivity contribution in [2.24, 2.45) is 4.99 Å². The molecule has 2 aromatic rings. The molecule has 2 aromatic carbocycles. The van der Waals surface area contributed by atoms with Crippen LogP contribution in [0.15, 0.2) is 47.1 Å². The van der Waals surface area contributed by atoms with Gasteiger partial charge in [0, 0.05) is 17.2 Å². The number of carbonyl (C=O) groups excluding carboxylic acids is 1. The fraction of sp³-hybridized carbons (Fsp3) is 0.200. The van der Waals surface area contributed by atoms with Crippen LogP contribution in [0.5, 0.6) is 23.0 Å². The SMILES string of the molecule is COc1ccc(C2=N/C(=C/c3cc(OC)c(OC)cc3OC)C(=O)O2)cc1. The van der Waals surface area contributed by atoms with Crippen molar-refractivity contribution in [3.63, 3.8) is 0 Å². The Morgan fingerprint density at radius 2 is 1.48 bits per heavy atom. The Hall–Kier alpha value is -3.48. The predicted molar refractivity (Wildman–Crippen MR) is 99.7 cm³/mol. The van der Waals surface area contributed by atoms with Crippen molar-refractivity contribution in [1.82, 2.24) is 0 Å². The van der Waals surface area contributed by atoms with Crippen LogP contribution in [-0.4, -0.2) is 40.3 Å². The number of hydrogen-bond donors (Lipinski definition) is 0. The Balaban J connectivity index is 1.98. The van der Waals surface area contributed by atoms with Crippen molar-refractivity contribution in [3.05, 3.63) is 53.2 Å². The average molecular weight is 369 g/mol. The van der Waals surface area contributed by atoms with Gasteiger partial charge in [0.1, 0.15) is 11.5 Å². The van der Waals surface area contributed by atoms with Crippen LogP contribution in [0.3, 0.4) is 0 Å². The van der Waals surface area contributed by atoms with E-state index in [1.54, 1.807) is 49.6 Å². The number of hydrogen-bond acceptors (Lipinski definition) is 7. The summed E-state index contributed by atoms with van der Waals surface area (Å²) in [6, 6.07) is 10.5. The van der Waals surface area contributed by atoms with Crippen LogP contribution < -0.4 is 18.9 Å². The minimum absolute atomic E-state index is 0.159. The largest absolute Gasteiger partial charge is 0.497 e. The average Bonchev–Trinajstić information content (AvgIpc) is 3.08. The van der Waals surface area contributed by atoms with Crippen molar-refractivity contribution in [2.75, 3.05) is 28.4 Å². The van der Waals surface area contributed by atoms with Crippen LogP contribution in [-0.2, 0) is 9.53 Å². The Morgan fingerprint density at radius 3 is 2.07 bits per heavy atom. The summed E-state index contributed by atoms with van der Waals surface area (Å²) in [4.78, 5) is 16.5. The highest BCUT2D eigenvalue weighted by Gasteiger charge is 2.25. The first-order chi connectivity index (χ1) is 13.1. The summed E-state index contributed by atoms with van der Waals surface area (Å²) in [5, 5.41) is 0. The number of ether oxygens (including phenoxy) is 5. The van der Waals surface area contributed by atoms with Gasteiger partial charge < -0.3 is 23.7 Å². The van der Waals surface area contributed by atoms with Gasteiger partial charge in [-0.15, -0.1) is 0 Å². The lowest BCUT2D eigenvalue weighted by atomic mass is 10.1. The van der Waals surface area contributed by atoms with Gasteiger partial charge in [0.2, 0.25) is 5.90 Å². The van der Waals surface area contributed by atoms with Crippen LogP contribution in [0.4, 0.5) is 0 Å². The summed E-state index contributed by atoms with van der Waals surface area (Å²) in [5.74, 6) is 1.94. The van der Waals surface area contributed by atoms with E-state index in [2.05, 4.69) is 4.99 Å². The summed E-state index contributed by atoms with van der Waals surface area (Å²) in [7, 11) is 6.18.